The predicted octanol–water partition coefficient (Wildman–Crippen LogP) is 3.06. The van der Waals surface area contributed by atoms with Gasteiger partial charge in [0.2, 0.25) is 5.91 Å². The number of hydrogen-bond acceptors (Lipinski definition) is 3. The summed E-state index contributed by atoms with van der Waals surface area (Å²) in [7, 11) is 0. The molecule has 0 bridgehead atoms. The van der Waals surface area contributed by atoms with Crippen molar-refractivity contribution in [3.05, 3.63) is 35.4 Å². The Morgan fingerprint density at radius 2 is 2.09 bits per heavy atom. The summed E-state index contributed by atoms with van der Waals surface area (Å²) in [5.41, 5.74) is 0.828. The molecule has 0 aliphatic carbocycles. The van der Waals surface area contributed by atoms with Crippen LogP contribution in [0.1, 0.15) is 42.1 Å². The van der Waals surface area contributed by atoms with Gasteiger partial charge in [0.15, 0.2) is 0 Å². The second-order valence-electron chi connectivity index (χ2n) is 5.55. The van der Waals surface area contributed by atoms with E-state index in [0.717, 1.165) is 38.1 Å². The highest BCUT2D eigenvalue weighted by Gasteiger charge is 2.23. The first-order valence-electron chi connectivity index (χ1n) is 7.82. The van der Waals surface area contributed by atoms with Crippen LogP contribution in [0.25, 0.3) is 0 Å². The Balaban J connectivity index is 2.06. The van der Waals surface area contributed by atoms with Crippen LogP contribution in [0.4, 0.5) is 0 Å². The lowest BCUT2D eigenvalue weighted by molar-refractivity contribution is -0.130. The molecular weight excluding hydrogens is 298 g/mol. The summed E-state index contributed by atoms with van der Waals surface area (Å²) < 4.78 is 0. The van der Waals surface area contributed by atoms with E-state index < -0.39 is 5.97 Å². The number of carboxylic acid groups (broad SMARTS) is 1. The van der Waals surface area contributed by atoms with Crippen molar-refractivity contribution in [2.24, 2.45) is 0 Å². The number of rotatable bonds is 5. The summed E-state index contributed by atoms with van der Waals surface area (Å²) in [5, 5.41) is 9.72. The van der Waals surface area contributed by atoms with E-state index in [1.807, 2.05) is 16.7 Å². The number of carboxylic acids is 1. The van der Waals surface area contributed by atoms with Gasteiger partial charge in [0.05, 0.1) is 12.0 Å². The molecule has 22 heavy (non-hydrogen) atoms. The number of amides is 1. The minimum absolute atomic E-state index is 0.0392. The average Bonchev–Trinajstić information content (AvgIpc) is 2.73. The first kappa shape index (κ1) is 16.9. The van der Waals surface area contributed by atoms with E-state index in [0.29, 0.717) is 10.8 Å². The van der Waals surface area contributed by atoms with E-state index in [1.165, 1.54) is 0 Å². The molecule has 1 aromatic carbocycles. The zero-order valence-corrected chi connectivity index (χ0v) is 13.8. The molecule has 1 aliphatic heterocycles. The summed E-state index contributed by atoms with van der Waals surface area (Å²) >= 11 is 1.91. The molecule has 5 heteroatoms. The smallest absolute Gasteiger partial charge is 0.335 e. The molecule has 0 saturated carbocycles. The van der Waals surface area contributed by atoms with Gasteiger partial charge in [-0.15, -0.1) is 0 Å². The van der Waals surface area contributed by atoms with Gasteiger partial charge in [-0.25, -0.2) is 4.79 Å². The molecule has 1 heterocycles. The fourth-order valence-electron chi connectivity index (χ4n) is 2.86. The summed E-state index contributed by atoms with van der Waals surface area (Å²) in [6.07, 6.45) is 3.53. The van der Waals surface area contributed by atoms with Crippen LogP contribution in [0.5, 0.6) is 0 Å². The highest BCUT2D eigenvalue weighted by atomic mass is 32.2. The normalized spacial score (nSPS) is 18.8. The lowest BCUT2D eigenvalue weighted by atomic mass is 10.0. The van der Waals surface area contributed by atoms with Crippen molar-refractivity contribution in [1.82, 2.24) is 4.90 Å². The molecule has 1 atom stereocenters. The molecule has 2 rings (SSSR count). The molecule has 0 radical (unpaired) electrons. The Labute approximate surface area is 135 Å². The maximum absolute atomic E-state index is 12.6. The van der Waals surface area contributed by atoms with Crippen LogP contribution in [0, 0.1) is 0 Å². The van der Waals surface area contributed by atoms with Gasteiger partial charge >= 0.3 is 5.97 Å². The van der Waals surface area contributed by atoms with Crippen molar-refractivity contribution in [2.75, 3.05) is 18.8 Å². The van der Waals surface area contributed by atoms with E-state index in [2.05, 4.69) is 6.92 Å². The van der Waals surface area contributed by atoms with E-state index in [4.69, 9.17) is 0 Å². The fourth-order valence-corrected chi connectivity index (χ4v) is 3.95. The SMILES string of the molecule is CCSC1CCCCN(C(=O)Cc2ccccc2C(=O)O)C1. The molecular formula is C17H23NO3S. The quantitative estimate of drug-likeness (QED) is 0.905. The number of nitrogens with zero attached hydrogens (tertiary/aromatic N) is 1. The Hall–Kier alpha value is -1.49. The lowest BCUT2D eigenvalue weighted by Gasteiger charge is -2.24. The summed E-state index contributed by atoms with van der Waals surface area (Å²) in [4.78, 5) is 25.7. The second-order valence-corrected chi connectivity index (χ2v) is 7.13. The van der Waals surface area contributed by atoms with Crippen LogP contribution in [0.15, 0.2) is 24.3 Å². The Kier molecular flexibility index (Phi) is 6.31. The van der Waals surface area contributed by atoms with Crippen molar-refractivity contribution in [2.45, 2.75) is 37.9 Å². The average molecular weight is 321 g/mol. The highest BCUT2D eigenvalue weighted by Crippen LogP contribution is 2.22. The van der Waals surface area contributed by atoms with Gasteiger partial charge < -0.3 is 10.0 Å². The van der Waals surface area contributed by atoms with Gasteiger partial charge in [-0.2, -0.15) is 11.8 Å². The Morgan fingerprint density at radius 1 is 1.32 bits per heavy atom. The van der Waals surface area contributed by atoms with Crippen LogP contribution in [-0.4, -0.2) is 46.0 Å². The lowest BCUT2D eigenvalue weighted by Crippen LogP contribution is -2.36. The number of benzene rings is 1. The zero-order chi connectivity index (χ0) is 15.9. The van der Waals surface area contributed by atoms with Crippen molar-refractivity contribution in [3.8, 4) is 0 Å². The van der Waals surface area contributed by atoms with Crippen molar-refractivity contribution >= 4 is 23.6 Å². The first-order chi connectivity index (χ1) is 10.6. The topological polar surface area (TPSA) is 57.6 Å². The minimum Gasteiger partial charge on any atom is -0.478 e. The van der Waals surface area contributed by atoms with Crippen LogP contribution < -0.4 is 0 Å². The van der Waals surface area contributed by atoms with Crippen molar-refractivity contribution in [1.29, 1.82) is 0 Å². The highest BCUT2D eigenvalue weighted by molar-refractivity contribution is 7.99. The molecule has 120 valence electrons. The number of carbonyl (C=O) groups excluding carboxylic acids is 1. The second kappa shape index (κ2) is 8.22. The molecule has 1 aromatic rings. The van der Waals surface area contributed by atoms with Crippen molar-refractivity contribution < 1.29 is 14.7 Å². The van der Waals surface area contributed by atoms with E-state index in [-0.39, 0.29) is 17.9 Å². The largest absolute Gasteiger partial charge is 0.478 e. The van der Waals surface area contributed by atoms with Gasteiger partial charge in [0, 0.05) is 18.3 Å². The first-order valence-corrected chi connectivity index (χ1v) is 8.87. The predicted molar refractivity (Wildman–Crippen MR) is 89.5 cm³/mol. The van der Waals surface area contributed by atoms with Crippen molar-refractivity contribution in [3.63, 3.8) is 0 Å². The third-order valence-electron chi connectivity index (χ3n) is 3.97. The van der Waals surface area contributed by atoms with E-state index in [9.17, 15) is 14.7 Å². The maximum Gasteiger partial charge on any atom is 0.335 e. The molecule has 1 saturated heterocycles. The third kappa shape index (κ3) is 4.50. The van der Waals surface area contributed by atoms with Gasteiger partial charge in [-0.1, -0.05) is 31.5 Å². The minimum atomic E-state index is -0.973. The van der Waals surface area contributed by atoms with Gasteiger partial charge in [0.1, 0.15) is 0 Å². The standard InChI is InChI=1S/C17H23NO3S/c1-2-22-14-8-5-6-10-18(12-14)16(19)11-13-7-3-4-9-15(13)17(20)21/h3-4,7,9,14H,2,5-6,8,10-12H2,1H3,(H,20,21). The Bertz CT molecular complexity index is 532. The van der Waals surface area contributed by atoms with Crippen LogP contribution in [0.3, 0.4) is 0 Å². The van der Waals surface area contributed by atoms with Gasteiger partial charge in [-0.3, -0.25) is 4.79 Å². The Morgan fingerprint density at radius 3 is 2.82 bits per heavy atom. The third-order valence-corrected chi connectivity index (χ3v) is 5.16. The van der Waals surface area contributed by atoms with Gasteiger partial charge in [-0.05, 0) is 30.2 Å². The molecule has 1 amide bonds. The number of carbonyl (C=O) groups is 2. The summed E-state index contributed by atoms with van der Waals surface area (Å²) in [5.74, 6) is 0.130. The zero-order valence-electron chi connectivity index (χ0n) is 13.0. The van der Waals surface area contributed by atoms with Gasteiger partial charge in [0.25, 0.3) is 0 Å². The molecule has 1 N–H and O–H groups in total. The fraction of sp³-hybridized carbons (Fsp3) is 0.529. The number of likely N-dealkylation sites (tertiary alicyclic amines) is 1. The summed E-state index contributed by atoms with van der Waals surface area (Å²) in [6.45, 7) is 3.71. The molecule has 0 spiro atoms. The molecule has 1 unspecified atom stereocenters. The number of thioether (sulfide) groups is 1. The number of aromatic carboxylic acids is 1. The molecule has 1 fully saturated rings. The molecule has 4 nitrogen and oxygen atoms in total. The maximum atomic E-state index is 12.6. The molecule has 0 aromatic heterocycles. The van der Waals surface area contributed by atoms with Crippen LogP contribution >= 0.6 is 11.8 Å². The van der Waals surface area contributed by atoms with E-state index in [1.54, 1.807) is 24.3 Å². The number of hydrogen-bond donors (Lipinski definition) is 1. The monoisotopic (exact) mass is 321 g/mol. The summed E-state index contributed by atoms with van der Waals surface area (Å²) in [6, 6.07) is 6.77. The van der Waals surface area contributed by atoms with Crippen LogP contribution in [-0.2, 0) is 11.2 Å². The molecule has 1 aliphatic rings. The van der Waals surface area contributed by atoms with Crippen LogP contribution in [0.2, 0.25) is 0 Å². The van der Waals surface area contributed by atoms with E-state index >= 15 is 0 Å².